The molecule has 0 aliphatic carbocycles. The van der Waals surface area contributed by atoms with Gasteiger partial charge in [0.05, 0.1) is 0 Å². The highest BCUT2D eigenvalue weighted by Crippen LogP contribution is 2.20. The second kappa shape index (κ2) is 5.88. The minimum absolute atomic E-state index is 0.000344. The lowest BCUT2D eigenvalue weighted by Gasteiger charge is -2.19. The summed E-state index contributed by atoms with van der Waals surface area (Å²) in [5.41, 5.74) is 10.4. The molecule has 20 heavy (non-hydrogen) atoms. The van der Waals surface area contributed by atoms with Gasteiger partial charge in [-0.15, -0.1) is 0 Å². The van der Waals surface area contributed by atoms with Crippen LogP contribution in [0.3, 0.4) is 0 Å². The van der Waals surface area contributed by atoms with Crippen LogP contribution in [-0.4, -0.2) is 13.0 Å². The molecule has 0 unspecified atom stereocenters. The van der Waals surface area contributed by atoms with Gasteiger partial charge in [0.25, 0.3) is 5.91 Å². The average molecular weight is 268 g/mol. The minimum Gasteiger partial charge on any atom is -0.326 e. The van der Waals surface area contributed by atoms with E-state index in [0.717, 1.165) is 27.9 Å². The number of aryl methyl sites for hydroxylation is 1. The second-order valence-electron chi connectivity index (χ2n) is 4.99. The van der Waals surface area contributed by atoms with Crippen molar-refractivity contribution >= 4 is 11.6 Å². The summed E-state index contributed by atoms with van der Waals surface area (Å²) < 4.78 is 0. The highest BCUT2D eigenvalue weighted by molar-refractivity contribution is 6.06. The first-order valence-corrected chi connectivity index (χ1v) is 6.68. The molecule has 3 heteroatoms. The third-order valence-corrected chi connectivity index (χ3v) is 3.67. The molecule has 104 valence electrons. The first kappa shape index (κ1) is 14.3. The van der Waals surface area contributed by atoms with Gasteiger partial charge in [0, 0.05) is 24.8 Å². The molecular formula is C17H20N2O. The van der Waals surface area contributed by atoms with E-state index in [2.05, 4.69) is 0 Å². The summed E-state index contributed by atoms with van der Waals surface area (Å²) >= 11 is 0. The van der Waals surface area contributed by atoms with Crippen molar-refractivity contribution in [2.24, 2.45) is 5.73 Å². The minimum atomic E-state index is 0.000344. The van der Waals surface area contributed by atoms with Gasteiger partial charge >= 0.3 is 0 Å². The topological polar surface area (TPSA) is 46.3 Å². The molecule has 0 heterocycles. The number of nitrogens with zero attached hydrogens (tertiary/aromatic N) is 1. The molecule has 0 atom stereocenters. The van der Waals surface area contributed by atoms with Gasteiger partial charge in [0.1, 0.15) is 0 Å². The van der Waals surface area contributed by atoms with Crippen LogP contribution in [0.4, 0.5) is 5.69 Å². The highest BCUT2D eigenvalue weighted by atomic mass is 16.2. The van der Waals surface area contributed by atoms with Gasteiger partial charge in [-0.05, 0) is 48.7 Å². The lowest BCUT2D eigenvalue weighted by Crippen LogP contribution is -2.27. The fourth-order valence-electron chi connectivity index (χ4n) is 2.17. The third kappa shape index (κ3) is 2.73. The molecule has 2 aromatic rings. The van der Waals surface area contributed by atoms with E-state index in [1.54, 1.807) is 11.9 Å². The summed E-state index contributed by atoms with van der Waals surface area (Å²) in [4.78, 5) is 14.3. The van der Waals surface area contributed by atoms with Crippen LogP contribution in [0.25, 0.3) is 0 Å². The van der Waals surface area contributed by atoms with Crippen molar-refractivity contribution in [2.45, 2.75) is 20.4 Å². The van der Waals surface area contributed by atoms with Crippen molar-refractivity contribution in [3.8, 4) is 0 Å². The second-order valence-corrected chi connectivity index (χ2v) is 4.99. The number of anilines is 1. The van der Waals surface area contributed by atoms with E-state index < -0.39 is 0 Å². The first-order chi connectivity index (χ1) is 9.54. The third-order valence-electron chi connectivity index (χ3n) is 3.67. The molecule has 0 aliphatic heterocycles. The number of amides is 1. The Hall–Kier alpha value is -2.13. The molecule has 0 bridgehead atoms. The van der Waals surface area contributed by atoms with Crippen LogP contribution in [0.1, 0.15) is 27.0 Å². The Morgan fingerprint density at radius 1 is 1.15 bits per heavy atom. The van der Waals surface area contributed by atoms with Gasteiger partial charge in [-0.2, -0.15) is 0 Å². The number of hydrogen-bond donors (Lipinski definition) is 1. The zero-order valence-electron chi connectivity index (χ0n) is 12.2. The lowest BCUT2D eigenvalue weighted by molar-refractivity contribution is 0.0992. The quantitative estimate of drug-likeness (QED) is 0.930. The normalized spacial score (nSPS) is 10.4. The number of hydrogen-bond acceptors (Lipinski definition) is 2. The van der Waals surface area contributed by atoms with E-state index >= 15 is 0 Å². The van der Waals surface area contributed by atoms with Gasteiger partial charge in [0.2, 0.25) is 0 Å². The molecular weight excluding hydrogens is 248 g/mol. The average Bonchev–Trinajstić information content (AvgIpc) is 2.48. The molecule has 2 rings (SSSR count). The Labute approximate surface area is 120 Å². The molecule has 0 saturated heterocycles. The van der Waals surface area contributed by atoms with E-state index in [4.69, 9.17) is 5.73 Å². The molecule has 2 aromatic carbocycles. The van der Waals surface area contributed by atoms with Crippen molar-refractivity contribution in [1.82, 2.24) is 0 Å². The lowest BCUT2D eigenvalue weighted by atomic mass is 10.0. The largest absolute Gasteiger partial charge is 0.326 e. The van der Waals surface area contributed by atoms with Crippen molar-refractivity contribution in [3.63, 3.8) is 0 Å². The molecule has 0 fully saturated rings. The highest BCUT2D eigenvalue weighted by Gasteiger charge is 2.16. The first-order valence-electron chi connectivity index (χ1n) is 6.68. The molecule has 1 amide bonds. The Bertz CT molecular complexity index is 635. The fraction of sp³-hybridized carbons (Fsp3) is 0.235. The van der Waals surface area contributed by atoms with Crippen molar-refractivity contribution in [1.29, 1.82) is 0 Å². The Balaban J connectivity index is 2.35. The van der Waals surface area contributed by atoms with Crippen molar-refractivity contribution in [2.75, 3.05) is 11.9 Å². The zero-order chi connectivity index (χ0) is 14.7. The standard InChI is InChI=1S/C17H20N2O/c1-12-6-4-9-16(13(12)2)17(20)19(3)15-8-5-7-14(10-15)11-18/h4-10H,11,18H2,1-3H3. The fourth-order valence-corrected chi connectivity index (χ4v) is 2.17. The van der Waals surface area contributed by atoms with Gasteiger partial charge in [0.15, 0.2) is 0 Å². The van der Waals surface area contributed by atoms with Crippen LogP contribution < -0.4 is 10.6 Å². The maximum absolute atomic E-state index is 12.6. The summed E-state index contributed by atoms with van der Waals surface area (Å²) in [6.45, 7) is 4.47. The van der Waals surface area contributed by atoms with Crippen molar-refractivity contribution in [3.05, 3.63) is 64.7 Å². The molecule has 0 saturated carbocycles. The van der Waals surface area contributed by atoms with E-state index in [-0.39, 0.29) is 5.91 Å². The van der Waals surface area contributed by atoms with Crippen molar-refractivity contribution < 1.29 is 4.79 Å². The predicted molar refractivity (Wildman–Crippen MR) is 83.0 cm³/mol. The number of carbonyl (C=O) groups excluding carboxylic acids is 1. The maximum atomic E-state index is 12.6. The van der Waals surface area contributed by atoms with Gasteiger partial charge in [-0.3, -0.25) is 4.79 Å². The molecule has 0 aromatic heterocycles. The Morgan fingerprint density at radius 2 is 1.85 bits per heavy atom. The van der Waals surface area contributed by atoms with Gasteiger partial charge < -0.3 is 10.6 Å². The summed E-state index contributed by atoms with van der Waals surface area (Å²) in [6.07, 6.45) is 0. The summed E-state index contributed by atoms with van der Waals surface area (Å²) in [5, 5.41) is 0. The Kier molecular flexibility index (Phi) is 4.20. The van der Waals surface area contributed by atoms with Gasteiger partial charge in [-0.1, -0.05) is 24.3 Å². The van der Waals surface area contributed by atoms with E-state index in [9.17, 15) is 4.79 Å². The van der Waals surface area contributed by atoms with E-state index in [1.165, 1.54) is 0 Å². The van der Waals surface area contributed by atoms with Crippen LogP contribution in [0.5, 0.6) is 0 Å². The van der Waals surface area contributed by atoms with E-state index in [0.29, 0.717) is 6.54 Å². The molecule has 3 nitrogen and oxygen atoms in total. The van der Waals surface area contributed by atoms with Crippen LogP contribution in [0, 0.1) is 13.8 Å². The van der Waals surface area contributed by atoms with E-state index in [1.807, 2.05) is 56.3 Å². The SMILES string of the molecule is Cc1cccc(C(=O)N(C)c2cccc(CN)c2)c1C. The molecule has 0 aliphatic rings. The van der Waals surface area contributed by atoms with Crippen LogP contribution >= 0.6 is 0 Å². The predicted octanol–water partition coefficient (Wildman–Crippen LogP) is 3.04. The maximum Gasteiger partial charge on any atom is 0.258 e. The summed E-state index contributed by atoms with van der Waals surface area (Å²) in [5.74, 6) is 0.000344. The Morgan fingerprint density at radius 3 is 2.55 bits per heavy atom. The monoisotopic (exact) mass is 268 g/mol. The molecule has 0 spiro atoms. The number of benzene rings is 2. The van der Waals surface area contributed by atoms with Crippen LogP contribution in [-0.2, 0) is 6.54 Å². The molecule has 2 N–H and O–H groups in total. The van der Waals surface area contributed by atoms with Crippen LogP contribution in [0.2, 0.25) is 0 Å². The summed E-state index contributed by atoms with van der Waals surface area (Å²) in [6, 6.07) is 13.5. The smallest absolute Gasteiger partial charge is 0.258 e. The van der Waals surface area contributed by atoms with Crippen LogP contribution in [0.15, 0.2) is 42.5 Å². The number of rotatable bonds is 3. The molecule has 0 radical (unpaired) electrons. The number of carbonyl (C=O) groups is 1. The van der Waals surface area contributed by atoms with Gasteiger partial charge in [-0.25, -0.2) is 0 Å². The summed E-state index contributed by atoms with van der Waals surface area (Å²) in [7, 11) is 1.79. The zero-order valence-corrected chi connectivity index (χ0v) is 12.2. The number of nitrogens with two attached hydrogens (primary N) is 1.